The van der Waals surface area contributed by atoms with Crippen LogP contribution in [-0.2, 0) is 19.2 Å². The minimum absolute atomic E-state index is 0.0164. The van der Waals surface area contributed by atoms with Gasteiger partial charge in [0.1, 0.15) is 12.1 Å². The Morgan fingerprint density at radius 1 is 1.00 bits per heavy atom. The fraction of sp³-hybridized carbons (Fsp3) is 0.778. The van der Waals surface area contributed by atoms with Gasteiger partial charge >= 0.3 is 0 Å². The number of nitrogens with two attached hydrogens (primary N) is 2. The number of nitrogens with zero attached hydrogens (tertiary/aromatic N) is 2. The van der Waals surface area contributed by atoms with Gasteiger partial charge in [0.05, 0.1) is 0 Å². The Morgan fingerprint density at radius 3 is 1.64 bits per heavy atom. The molecule has 2 aliphatic rings. The van der Waals surface area contributed by atoms with E-state index in [4.69, 9.17) is 16.6 Å². The summed E-state index contributed by atoms with van der Waals surface area (Å²) >= 11 is 2.27. The Hall–Kier alpha value is -1.43. The number of likely N-dealkylation sites (tertiary alicyclic amines) is 2. The molecule has 0 spiro atoms. The molecule has 2 fully saturated rings. The van der Waals surface area contributed by atoms with Crippen molar-refractivity contribution in [1.29, 1.82) is 0 Å². The first kappa shape index (κ1) is 24.6. The van der Waals surface area contributed by atoms with Gasteiger partial charge in [0, 0.05) is 42.9 Å². The summed E-state index contributed by atoms with van der Waals surface area (Å²) < 4.78 is 0.954. The number of alkyl halides is 1. The monoisotopic (exact) mass is 510 g/mol. The standard InChI is InChI=1S/C9H15IN2O2.C9H16N2O3/c1-2-7(9(11)14)12-5-6(4-10)3-8(12)13;1-2-7(9(10)14)11-4-6(5-12)3-8(11)13/h6-7H,2-5H2,1H3,(H2,11,14);6-7,12H,2-5H2,1H3,(H2,10,14)/t2*6?,7-/m00/s1. The van der Waals surface area contributed by atoms with Gasteiger partial charge in [-0.1, -0.05) is 36.4 Å². The van der Waals surface area contributed by atoms with E-state index >= 15 is 0 Å². The molecular weight excluding hydrogens is 479 g/mol. The summed E-state index contributed by atoms with van der Waals surface area (Å²) in [5, 5.41) is 8.90. The average molecular weight is 510 g/mol. The Morgan fingerprint density at radius 2 is 1.39 bits per heavy atom. The number of carbonyl (C=O) groups excluding carboxylic acids is 4. The highest BCUT2D eigenvalue weighted by molar-refractivity contribution is 14.1. The predicted molar refractivity (Wildman–Crippen MR) is 112 cm³/mol. The van der Waals surface area contributed by atoms with Crippen LogP contribution in [0, 0.1) is 11.8 Å². The van der Waals surface area contributed by atoms with Gasteiger partial charge in [0.2, 0.25) is 23.6 Å². The van der Waals surface area contributed by atoms with Gasteiger partial charge in [-0.3, -0.25) is 19.2 Å². The number of rotatable bonds is 8. The van der Waals surface area contributed by atoms with Crippen molar-refractivity contribution in [2.24, 2.45) is 23.3 Å². The van der Waals surface area contributed by atoms with Crippen LogP contribution in [0.1, 0.15) is 39.5 Å². The molecule has 0 radical (unpaired) electrons. The summed E-state index contributed by atoms with van der Waals surface area (Å²) in [6, 6.07) is -0.922. The van der Waals surface area contributed by atoms with Crippen molar-refractivity contribution in [2.75, 3.05) is 24.1 Å². The van der Waals surface area contributed by atoms with Crippen molar-refractivity contribution < 1.29 is 24.3 Å². The Bertz CT molecular complexity index is 538. The van der Waals surface area contributed by atoms with E-state index in [2.05, 4.69) is 22.6 Å². The van der Waals surface area contributed by atoms with Crippen LogP contribution in [0.5, 0.6) is 0 Å². The van der Waals surface area contributed by atoms with Crippen LogP contribution in [-0.4, -0.2) is 74.7 Å². The summed E-state index contributed by atoms with van der Waals surface area (Å²) in [7, 11) is 0. The molecule has 2 aliphatic heterocycles. The highest BCUT2D eigenvalue weighted by Gasteiger charge is 2.36. The largest absolute Gasteiger partial charge is 0.396 e. The van der Waals surface area contributed by atoms with Crippen molar-refractivity contribution in [2.45, 2.75) is 51.6 Å². The zero-order valence-corrected chi connectivity index (χ0v) is 18.6. The molecule has 0 saturated carbocycles. The van der Waals surface area contributed by atoms with Crippen molar-refractivity contribution in [3.63, 3.8) is 0 Å². The van der Waals surface area contributed by atoms with Crippen molar-refractivity contribution in [1.82, 2.24) is 9.80 Å². The molecule has 9 nitrogen and oxygen atoms in total. The van der Waals surface area contributed by atoms with Crippen molar-refractivity contribution in [3.8, 4) is 0 Å². The van der Waals surface area contributed by atoms with E-state index in [1.807, 2.05) is 13.8 Å². The van der Waals surface area contributed by atoms with Crippen LogP contribution in [0.3, 0.4) is 0 Å². The van der Waals surface area contributed by atoms with Gasteiger partial charge in [-0.05, 0) is 18.8 Å². The summed E-state index contributed by atoms with van der Waals surface area (Å²) in [5.74, 6) is -0.547. The molecule has 0 aromatic heterocycles. The van der Waals surface area contributed by atoms with Crippen LogP contribution >= 0.6 is 22.6 Å². The van der Waals surface area contributed by atoms with E-state index in [-0.39, 0.29) is 24.3 Å². The van der Waals surface area contributed by atoms with E-state index in [0.29, 0.717) is 44.7 Å². The fourth-order valence-electron chi connectivity index (χ4n) is 3.60. The zero-order chi connectivity index (χ0) is 21.4. The lowest BCUT2D eigenvalue weighted by Gasteiger charge is -2.24. The third-order valence-electron chi connectivity index (χ3n) is 5.14. The van der Waals surface area contributed by atoms with Gasteiger partial charge < -0.3 is 26.4 Å². The van der Waals surface area contributed by atoms with Gasteiger partial charge in [-0.15, -0.1) is 0 Å². The summed E-state index contributed by atoms with van der Waals surface area (Å²) in [5.41, 5.74) is 10.4. The van der Waals surface area contributed by atoms with Crippen LogP contribution < -0.4 is 11.5 Å². The lowest BCUT2D eigenvalue weighted by molar-refractivity contribution is -0.136. The first-order chi connectivity index (χ1) is 13.2. The Balaban J connectivity index is 0.000000280. The number of hydrogen-bond acceptors (Lipinski definition) is 5. The highest BCUT2D eigenvalue weighted by Crippen LogP contribution is 2.23. The van der Waals surface area contributed by atoms with E-state index < -0.39 is 23.9 Å². The quantitative estimate of drug-likeness (QED) is 0.301. The fourth-order valence-corrected chi connectivity index (χ4v) is 4.19. The molecule has 2 heterocycles. The summed E-state index contributed by atoms with van der Waals surface area (Å²) in [4.78, 5) is 48.2. The molecule has 0 aromatic carbocycles. The van der Waals surface area contributed by atoms with Crippen LogP contribution in [0.2, 0.25) is 0 Å². The summed E-state index contributed by atoms with van der Waals surface area (Å²) in [6.45, 7) is 4.80. The van der Waals surface area contributed by atoms with Gasteiger partial charge in [-0.2, -0.15) is 0 Å². The van der Waals surface area contributed by atoms with Gasteiger partial charge in [0.25, 0.3) is 0 Å². The second-order valence-electron chi connectivity index (χ2n) is 7.22. The first-order valence-electron chi connectivity index (χ1n) is 9.54. The number of hydrogen-bond donors (Lipinski definition) is 3. The topological polar surface area (TPSA) is 147 Å². The second-order valence-corrected chi connectivity index (χ2v) is 8.10. The Kier molecular flexibility index (Phi) is 10.1. The second kappa shape index (κ2) is 11.5. The third kappa shape index (κ3) is 6.29. The van der Waals surface area contributed by atoms with E-state index in [0.717, 1.165) is 4.43 Å². The number of amides is 4. The number of aliphatic hydroxyl groups excluding tert-OH is 1. The van der Waals surface area contributed by atoms with E-state index in [1.165, 1.54) is 4.90 Å². The first-order valence-corrected chi connectivity index (χ1v) is 11.1. The molecule has 4 atom stereocenters. The van der Waals surface area contributed by atoms with Crippen LogP contribution in [0.15, 0.2) is 0 Å². The van der Waals surface area contributed by atoms with Crippen LogP contribution in [0.4, 0.5) is 0 Å². The minimum Gasteiger partial charge on any atom is -0.396 e. The zero-order valence-electron chi connectivity index (χ0n) is 16.5. The maximum Gasteiger partial charge on any atom is 0.240 e. The molecule has 0 bridgehead atoms. The molecule has 10 heteroatoms. The molecule has 2 rings (SSSR count). The molecule has 0 aliphatic carbocycles. The van der Waals surface area contributed by atoms with Crippen molar-refractivity contribution in [3.05, 3.63) is 0 Å². The smallest absolute Gasteiger partial charge is 0.240 e. The molecule has 5 N–H and O–H groups in total. The minimum atomic E-state index is -0.515. The SMILES string of the molecule is CC[C@@H](C(N)=O)N1CC(CI)CC1=O.CC[C@@H](C(N)=O)N1CC(CO)CC1=O. The number of primary amides is 2. The molecule has 160 valence electrons. The average Bonchev–Trinajstić information content (AvgIpc) is 3.19. The normalized spacial score (nSPS) is 24.0. The molecular formula is C18H31IN4O5. The molecule has 28 heavy (non-hydrogen) atoms. The molecule has 0 aromatic rings. The van der Waals surface area contributed by atoms with Crippen LogP contribution in [0.25, 0.3) is 0 Å². The lowest BCUT2D eigenvalue weighted by atomic mass is 10.1. The Labute approximate surface area is 179 Å². The third-order valence-corrected chi connectivity index (χ3v) is 6.38. The molecule has 2 saturated heterocycles. The lowest BCUT2D eigenvalue weighted by Crippen LogP contribution is -2.45. The maximum absolute atomic E-state index is 11.6. The van der Waals surface area contributed by atoms with Gasteiger partial charge in [-0.25, -0.2) is 0 Å². The molecule has 2 unspecified atom stereocenters. The number of carbonyl (C=O) groups is 4. The van der Waals surface area contributed by atoms with Crippen molar-refractivity contribution >= 4 is 46.2 Å². The predicted octanol–water partition coefficient (Wildman–Crippen LogP) is -0.375. The highest BCUT2D eigenvalue weighted by atomic mass is 127. The maximum atomic E-state index is 11.6. The number of aliphatic hydroxyl groups is 1. The summed E-state index contributed by atoms with van der Waals surface area (Å²) in [6.07, 6.45) is 2.02. The van der Waals surface area contributed by atoms with E-state index in [1.54, 1.807) is 4.90 Å². The van der Waals surface area contributed by atoms with Gasteiger partial charge in [0.15, 0.2) is 0 Å². The van der Waals surface area contributed by atoms with E-state index in [9.17, 15) is 19.2 Å². The molecule has 4 amide bonds. The number of halogens is 1.